The Morgan fingerprint density at radius 1 is 0.913 bits per heavy atom. The molecule has 0 aliphatic carbocycles. The zero-order chi connectivity index (χ0) is 32.1. The Morgan fingerprint density at radius 2 is 1.59 bits per heavy atom. The summed E-state index contributed by atoms with van der Waals surface area (Å²) in [6, 6.07) is 22.3. The second-order valence-corrected chi connectivity index (χ2v) is 11.2. The van der Waals surface area contributed by atoms with Crippen LogP contribution in [-0.2, 0) is 19.6 Å². The molecule has 3 heterocycles. The third-order valence-corrected chi connectivity index (χ3v) is 7.90. The van der Waals surface area contributed by atoms with Gasteiger partial charge in [0, 0.05) is 68.6 Å². The largest absolute Gasteiger partial charge is 0.573 e. The van der Waals surface area contributed by atoms with Gasteiger partial charge >= 0.3 is 18.2 Å². The van der Waals surface area contributed by atoms with E-state index in [-0.39, 0.29) is 23.7 Å². The van der Waals surface area contributed by atoms with Crippen LogP contribution in [0.1, 0.15) is 17.5 Å². The first-order chi connectivity index (χ1) is 22.2. The van der Waals surface area contributed by atoms with Gasteiger partial charge in [0.25, 0.3) is 0 Å². The molecule has 11 nitrogen and oxygen atoms in total. The van der Waals surface area contributed by atoms with Gasteiger partial charge in [0.1, 0.15) is 30.4 Å². The maximum Gasteiger partial charge on any atom is 0.573 e. The van der Waals surface area contributed by atoms with Gasteiger partial charge in [-0.3, -0.25) is 9.47 Å². The number of hydrogen-bond acceptors (Lipinski definition) is 9. The molecular formula is C32H33F3N6O5. The topological polar surface area (TPSA) is 107 Å². The SMILES string of the molecule is O=[N+]([O-])c1cn2c(n1)O[C@@H](COc1ccc(N3CCN(Cc4ccc(NCc5ccc(OC(F)(F)F)cc5)cc4)CC3)cc1)CC2. The lowest BCUT2D eigenvalue weighted by atomic mass is 10.1. The summed E-state index contributed by atoms with van der Waals surface area (Å²) in [4.78, 5) is 19.1. The maximum atomic E-state index is 12.3. The quantitative estimate of drug-likeness (QED) is 0.160. The molecule has 0 spiro atoms. The summed E-state index contributed by atoms with van der Waals surface area (Å²) in [6.45, 7) is 5.91. The molecule has 6 rings (SSSR count). The Hall–Kier alpha value is -4.98. The fourth-order valence-electron chi connectivity index (χ4n) is 5.44. The first kappa shape index (κ1) is 31.0. The summed E-state index contributed by atoms with van der Waals surface area (Å²) in [5, 5.41) is 14.3. The number of piperazine rings is 1. The van der Waals surface area contributed by atoms with Crippen LogP contribution in [0.15, 0.2) is 79.0 Å². The first-order valence-corrected chi connectivity index (χ1v) is 14.9. The van der Waals surface area contributed by atoms with Gasteiger partial charge in [0.05, 0.1) is 0 Å². The highest BCUT2D eigenvalue weighted by atomic mass is 19.4. The van der Waals surface area contributed by atoms with Crippen molar-refractivity contribution in [3.8, 4) is 17.5 Å². The van der Waals surface area contributed by atoms with Crippen LogP contribution in [0.3, 0.4) is 0 Å². The molecule has 1 aromatic heterocycles. The van der Waals surface area contributed by atoms with E-state index < -0.39 is 11.3 Å². The lowest BCUT2D eigenvalue weighted by Gasteiger charge is -2.36. The molecule has 3 aromatic carbocycles. The number of hydrogen-bond donors (Lipinski definition) is 1. The Kier molecular flexibility index (Phi) is 9.15. The van der Waals surface area contributed by atoms with E-state index in [1.807, 2.05) is 24.3 Å². The van der Waals surface area contributed by atoms with Crippen molar-refractivity contribution in [2.45, 2.75) is 38.5 Å². The van der Waals surface area contributed by atoms with Crippen LogP contribution in [0.2, 0.25) is 0 Å². The van der Waals surface area contributed by atoms with Gasteiger partial charge in [-0.05, 0) is 64.6 Å². The molecule has 0 bridgehead atoms. The molecule has 14 heteroatoms. The van der Waals surface area contributed by atoms with Crippen molar-refractivity contribution in [3.05, 3.63) is 100 Å². The Balaban J connectivity index is 0.906. The average Bonchev–Trinajstić information content (AvgIpc) is 3.48. The molecule has 0 saturated carbocycles. The molecule has 2 aliphatic heterocycles. The zero-order valence-electron chi connectivity index (χ0n) is 24.9. The molecule has 1 saturated heterocycles. The Morgan fingerprint density at radius 3 is 2.26 bits per heavy atom. The number of imidazole rings is 1. The molecular weight excluding hydrogens is 605 g/mol. The number of anilines is 2. The number of nitrogens with one attached hydrogen (secondary N) is 1. The van der Waals surface area contributed by atoms with Crippen molar-refractivity contribution in [1.82, 2.24) is 14.5 Å². The maximum absolute atomic E-state index is 12.3. The second kappa shape index (κ2) is 13.6. The Bertz CT molecular complexity index is 1610. The molecule has 4 aromatic rings. The predicted molar refractivity (Wildman–Crippen MR) is 164 cm³/mol. The number of rotatable bonds is 11. The number of nitrogens with zero attached hydrogens (tertiary/aromatic N) is 5. The van der Waals surface area contributed by atoms with Crippen molar-refractivity contribution < 1.29 is 32.3 Å². The number of alkyl halides is 3. The molecule has 0 radical (unpaired) electrons. The van der Waals surface area contributed by atoms with Gasteiger partial charge in [-0.1, -0.05) is 24.3 Å². The van der Waals surface area contributed by atoms with E-state index in [9.17, 15) is 23.3 Å². The summed E-state index contributed by atoms with van der Waals surface area (Å²) >= 11 is 0. The van der Waals surface area contributed by atoms with Crippen LogP contribution >= 0.6 is 0 Å². The van der Waals surface area contributed by atoms with E-state index in [1.54, 1.807) is 16.7 Å². The average molecular weight is 639 g/mol. The molecule has 1 atom stereocenters. The van der Waals surface area contributed by atoms with Gasteiger partial charge in [-0.25, -0.2) is 0 Å². The molecule has 1 fully saturated rings. The highest BCUT2D eigenvalue weighted by molar-refractivity contribution is 5.50. The first-order valence-electron chi connectivity index (χ1n) is 14.9. The van der Waals surface area contributed by atoms with Gasteiger partial charge in [-0.2, -0.15) is 0 Å². The van der Waals surface area contributed by atoms with Crippen molar-refractivity contribution in [2.75, 3.05) is 43.0 Å². The van der Waals surface area contributed by atoms with Crippen LogP contribution < -0.4 is 24.4 Å². The number of aryl methyl sites for hydroxylation is 1. The number of aromatic nitrogens is 2. The molecule has 46 heavy (non-hydrogen) atoms. The summed E-state index contributed by atoms with van der Waals surface area (Å²) in [7, 11) is 0. The molecule has 0 amide bonds. The molecule has 2 aliphatic rings. The normalized spacial score (nSPS) is 16.8. The van der Waals surface area contributed by atoms with Crippen molar-refractivity contribution in [1.29, 1.82) is 0 Å². The summed E-state index contributed by atoms with van der Waals surface area (Å²) in [5.41, 5.74) is 4.12. The zero-order valence-corrected chi connectivity index (χ0v) is 24.9. The van der Waals surface area contributed by atoms with Crippen molar-refractivity contribution in [3.63, 3.8) is 0 Å². The summed E-state index contributed by atoms with van der Waals surface area (Å²) in [5.74, 6) is 0.279. The standard InChI is InChI=1S/C32H33F3N6O5/c33-32(34,35)46-28-9-3-23(4-10-28)19-36-25-5-1-24(2-6-25)20-38-15-17-39(18-16-38)26-7-11-27(12-8-26)44-22-29-13-14-40-21-30(41(42)43)37-31(40)45-29/h1-12,21,29,36H,13-20,22H2/t29-/m1/s1. The minimum atomic E-state index is -4.70. The Labute approximate surface area is 263 Å². The van der Waals surface area contributed by atoms with Gasteiger partial charge < -0.3 is 34.5 Å². The fourth-order valence-corrected chi connectivity index (χ4v) is 5.44. The highest BCUT2D eigenvalue weighted by Gasteiger charge is 2.31. The van der Waals surface area contributed by atoms with Gasteiger partial charge in [0.15, 0.2) is 0 Å². The third kappa shape index (κ3) is 8.18. The fraction of sp³-hybridized carbons (Fsp3) is 0.344. The minimum absolute atomic E-state index is 0.219. The van der Waals surface area contributed by atoms with E-state index in [2.05, 4.69) is 49.1 Å². The monoisotopic (exact) mass is 638 g/mol. The summed E-state index contributed by atoms with van der Waals surface area (Å²) < 4.78 is 54.3. The highest BCUT2D eigenvalue weighted by Crippen LogP contribution is 2.26. The lowest BCUT2D eigenvalue weighted by molar-refractivity contribution is -0.389. The van der Waals surface area contributed by atoms with E-state index in [4.69, 9.17) is 9.47 Å². The second-order valence-electron chi connectivity index (χ2n) is 11.2. The molecule has 0 unspecified atom stereocenters. The van der Waals surface area contributed by atoms with E-state index in [0.717, 1.165) is 55.4 Å². The van der Waals surface area contributed by atoms with Crippen LogP contribution in [-0.4, -0.2) is 64.6 Å². The van der Waals surface area contributed by atoms with E-state index in [1.165, 1.54) is 23.9 Å². The van der Waals surface area contributed by atoms with Gasteiger partial charge in [-0.15, -0.1) is 13.2 Å². The molecule has 1 N–H and O–H groups in total. The van der Waals surface area contributed by atoms with E-state index >= 15 is 0 Å². The number of ether oxygens (including phenoxy) is 3. The smallest absolute Gasteiger partial charge is 0.490 e. The third-order valence-electron chi connectivity index (χ3n) is 7.90. The van der Waals surface area contributed by atoms with Crippen LogP contribution in [0.25, 0.3) is 0 Å². The number of fused-ring (bicyclic) bond motifs is 1. The van der Waals surface area contributed by atoms with Crippen LogP contribution in [0.5, 0.6) is 17.5 Å². The van der Waals surface area contributed by atoms with Crippen molar-refractivity contribution >= 4 is 17.2 Å². The molecule has 242 valence electrons. The number of nitro groups is 1. The lowest BCUT2D eigenvalue weighted by Crippen LogP contribution is -2.45. The number of halogens is 3. The van der Waals surface area contributed by atoms with E-state index in [0.29, 0.717) is 26.1 Å². The minimum Gasteiger partial charge on any atom is -0.490 e. The predicted octanol–water partition coefficient (Wildman–Crippen LogP) is 5.85. The number of benzene rings is 3. The van der Waals surface area contributed by atoms with Gasteiger partial charge in [0.2, 0.25) is 0 Å². The van der Waals surface area contributed by atoms with Crippen molar-refractivity contribution in [2.24, 2.45) is 0 Å². The van der Waals surface area contributed by atoms with Crippen LogP contribution in [0.4, 0.5) is 30.4 Å². The van der Waals surface area contributed by atoms with Crippen LogP contribution in [0, 0.1) is 10.1 Å². The summed E-state index contributed by atoms with van der Waals surface area (Å²) in [6.07, 6.45) is -2.86.